The number of rotatable bonds is 3. The molecule has 2 aliphatic heterocycles. The maximum Gasteiger partial charge on any atom is 0.231 e. The minimum Gasteiger partial charge on any atom is -0.508 e. The van der Waals surface area contributed by atoms with Crippen LogP contribution in [0.15, 0.2) is 47.3 Å². The zero-order valence-corrected chi connectivity index (χ0v) is 22.0. The van der Waals surface area contributed by atoms with Gasteiger partial charge in [0.15, 0.2) is 29.5 Å². The highest BCUT2D eigenvalue weighted by Crippen LogP contribution is 2.47. The van der Waals surface area contributed by atoms with E-state index in [1.165, 1.54) is 25.3 Å². The third kappa shape index (κ3) is 4.28. The molecule has 0 fully saturated rings. The number of hydrogen-bond donors (Lipinski definition) is 8. The molecule has 4 aromatic rings. The van der Waals surface area contributed by atoms with E-state index in [0.717, 1.165) is 24.3 Å². The number of methoxy groups -OCH3 is 1. The average Bonchev–Trinajstić information content (AvgIpc) is 3.06. The topological polar surface area (TPSA) is 207 Å². The lowest BCUT2D eigenvalue weighted by molar-refractivity contribution is -0.0121. The van der Waals surface area contributed by atoms with Gasteiger partial charge in [-0.1, -0.05) is 0 Å². The first-order chi connectivity index (χ1) is 20.0. The third-order valence-electron chi connectivity index (χ3n) is 7.72. The van der Waals surface area contributed by atoms with E-state index in [0.29, 0.717) is 5.56 Å². The van der Waals surface area contributed by atoms with Crippen LogP contribution in [0.4, 0.5) is 0 Å². The quantitative estimate of drug-likeness (QED) is 0.165. The highest BCUT2D eigenvalue weighted by atomic mass is 16.5. The standard InChI is InChI=1S/C30H26O12/c1-40-25-10-17-19(34)5-13(32)7-24(17)41-29(25)11-2-14-15(8-21(36)28(39)26(14)27(38)20(35)3-11)30-22(37)9-16-18(33)4-12(31)6-23(16)42-30/h2-8,22,25,29-34,36-37,39H,9-10H2,1H3,(H,35,38)/t22-,25+,29+,30+/m0/s1. The number of aliphatic hydroxyl groups is 1. The summed E-state index contributed by atoms with van der Waals surface area (Å²) in [6.07, 6.45) is -4.30. The number of aromatic hydroxyl groups is 7. The molecule has 8 N–H and O–H groups in total. The normalized spacial score (nSPS) is 21.2. The molecule has 0 saturated carbocycles. The van der Waals surface area contributed by atoms with Crippen LogP contribution >= 0.6 is 0 Å². The van der Waals surface area contributed by atoms with Crippen LogP contribution in [0.1, 0.15) is 34.5 Å². The molecule has 0 spiro atoms. The Bertz CT molecular complexity index is 1820. The van der Waals surface area contributed by atoms with Crippen molar-refractivity contribution in [2.75, 3.05) is 7.11 Å². The minimum absolute atomic E-state index is 0.00881. The first-order valence-electron chi connectivity index (χ1n) is 12.9. The van der Waals surface area contributed by atoms with Crippen molar-refractivity contribution in [3.05, 3.63) is 74.9 Å². The van der Waals surface area contributed by atoms with Gasteiger partial charge in [-0.25, -0.2) is 0 Å². The summed E-state index contributed by atoms with van der Waals surface area (Å²) in [7, 11) is 1.41. The van der Waals surface area contributed by atoms with Gasteiger partial charge in [-0.15, -0.1) is 0 Å². The number of benzene rings is 3. The number of fused-ring (bicyclic) bond motifs is 3. The Morgan fingerprint density at radius 1 is 0.714 bits per heavy atom. The fourth-order valence-corrected chi connectivity index (χ4v) is 5.70. The van der Waals surface area contributed by atoms with Gasteiger partial charge in [0.1, 0.15) is 40.6 Å². The molecule has 12 heteroatoms. The van der Waals surface area contributed by atoms with Gasteiger partial charge in [0, 0.05) is 60.9 Å². The molecule has 4 atom stereocenters. The minimum atomic E-state index is -1.31. The monoisotopic (exact) mass is 578 g/mol. The van der Waals surface area contributed by atoms with Crippen molar-refractivity contribution in [3.8, 4) is 51.7 Å². The number of ether oxygens (including phenoxy) is 3. The zero-order chi connectivity index (χ0) is 30.0. The number of aliphatic hydroxyl groups excluding tert-OH is 1. The first kappa shape index (κ1) is 27.1. The van der Waals surface area contributed by atoms with Crippen molar-refractivity contribution < 1.29 is 55.1 Å². The first-order valence-corrected chi connectivity index (χ1v) is 12.9. The summed E-state index contributed by atoms with van der Waals surface area (Å²) in [5, 5.41) is 83.2. The molecule has 6 rings (SSSR count). The highest BCUT2D eigenvalue weighted by molar-refractivity contribution is 5.94. The third-order valence-corrected chi connectivity index (χ3v) is 7.72. The van der Waals surface area contributed by atoms with Gasteiger partial charge in [-0.05, 0) is 29.1 Å². The van der Waals surface area contributed by atoms with Crippen molar-refractivity contribution in [1.82, 2.24) is 0 Å². The van der Waals surface area contributed by atoms with Gasteiger partial charge >= 0.3 is 0 Å². The van der Waals surface area contributed by atoms with E-state index in [-0.39, 0.29) is 69.4 Å². The van der Waals surface area contributed by atoms with Crippen LogP contribution < -0.4 is 14.9 Å². The van der Waals surface area contributed by atoms with Gasteiger partial charge in [-0.2, -0.15) is 0 Å². The van der Waals surface area contributed by atoms with Crippen LogP contribution in [0.5, 0.6) is 51.7 Å². The fourth-order valence-electron chi connectivity index (χ4n) is 5.70. The maximum atomic E-state index is 13.4. The second kappa shape index (κ2) is 9.79. The van der Waals surface area contributed by atoms with Crippen LogP contribution in [0.2, 0.25) is 0 Å². The number of phenols is 6. The second-order valence-electron chi connectivity index (χ2n) is 10.3. The van der Waals surface area contributed by atoms with Crippen molar-refractivity contribution >= 4 is 10.8 Å². The molecule has 42 heavy (non-hydrogen) atoms. The van der Waals surface area contributed by atoms with Crippen LogP contribution in [-0.2, 0) is 17.6 Å². The molecular formula is C30H26O12. The molecule has 0 aliphatic carbocycles. The smallest absolute Gasteiger partial charge is 0.231 e. The Balaban J connectivity index is 1.57. The average molecular weight is 579 g/mol. The molecule has 2 aliphatic rings. The van der Waals surface area contributed by atoms with E-state index in [9.17, 15) is 45.6 Å². The molecule has 218 valence electrons. The van der Waals surface area contributed by atoms with Crippen molar-refractivity contribution in [2.45, 2.75) is 37.3 Å². The molecule has 12 nitrogen and oxygen atoms in total. The molecule has 0 unspecified atom stereocenters. The summed E-state index contributed by atoms with van der Waals surface area (Å²) in [6, 6.07) is 8.46. The number of phenolic OH excluding ortho intramolecular Hbond substituents is 6. The summed E-state index contributed by atoms with van der Waals surface area (Å²) >= 11 is 0. The molecule has 0 bridgehead atoms. The predicted molar refractivity (Wildman–Crippen MR) is 146 cm³/mol. The summed E-state index contributed by atoms with van der Waals surface area (Å²) in [4.78, 5) is 13.4. The Morgan fingerprint density at radius 2 is 1.31 bits per heavy atom. The van der Waals surface area contributed by atoms with Gasteiger partial charge in [-0.3, -0.25) is 4.79 Å². The lowest BCUT2D eigenvalue weighted by atomic mass is 9.90. The van der Waals surface area contributed by atoms with E-state index in [1.807, 2.05) is 0 Å². The SMILES string of the molecule is CO[C@@H]1Cc2c(O)cc(O)cc2O[C@@H]1c1cc(O)c(=O)c2c(O)c(O)cc([C@H]3Oc4cc(O)cc(O)c4C[C@@H]3O)c2c1. The van der Waals surface area contributed by atoms with Crippen molar-refractivity contribution in [1.29, 1.82) is 0 Å². The summed E-state index contributed by atoms with van der Waals surface area (Å²) in [5.74, 6) is -3.17. The Kier molecular flexibility index (Phi) is 6.32. The molecule has 0 radical (unpaired) electrons. The van der Waals surface area contributed by atoms with Crippen LogP contribution in [-0.4, -0.2) is 60.2 Å². The highest BCUT2D eigenvalue weighted by Gasteiger charge is 2.37. The fraction of sp³-hybridized carbons (Fsp3) is 0.233. The van der Waals surface area contributed by atoms with Crippen molar-refractivity contribution in [3.63, 3.8) is 0 Å². The second-order valence-corrected chi connectivity index (χ2v) is 10.3. The van der Waals surface area contributed by atoms with E-state index in [4.69, 9.17) is 14.2 Å². The van der Waals surface area contributed by atoms with Crippen LogP contribution in [0.3, 0.4) is 0 Å². The molecular weight excluding hydrogens is 552 g/mol. The summed E-state index contributed by atoms with van der Waals surface area (Å²) in [5.41, 5.74) is -0.182. The maximum absolute atomic E-state index is 13.4. The zero-order valence-electron chi connectivity index (χ0n) is 22.0. The van der Waals surface area contributed by atoms with E-state index >= 15 is 0 Å². The number of hydrogen-bond acceptors (Lipinski definition) is 12. The Hall–Kier alpha value is -5.07. The van der Waals surface area contributed by atoms with Crippen LogP contribution in [0.25, 0.3) is 10.8 Å². The lowest BCUT2D eigenvalue weighted by Gasteiger charge is -2.33. The van der Waals surface area contributed by atoms with Crippen LogP contribution in [0, 0.1) is 0 Å². The molecule has 2 heterocycles. The van der Waals surface area contributed by atoms with E-state index in [2.05, 4.69) is 0 Å². The van der Waals surface area contributed by atoms with E-state index in [1.54, 1.807) is 0 Å². The summed E-state index contributed by atoms with van der Waals surface area (Å²) in [6.45, 7) is 0. The molecule has 0 aromatic heterocycles. The van der Waals surface area contributed by atoms with Crippen molar-refractivity contribution in [2.24, 2.45) is 0 Å². The van der Waals surface area contributed by atoms with Gasteiger partial charge in [0.05, 0.1) is 11.5 Å². The predicted octanol–water partition coefficient (Wildman–Crippen LogP) is 2.87. The van der Waals surface area contributed by atoms with Gasteiger partial charge < -0.3 is 55.1 Å². The largest absolute Gasteiger partial charge is 0.508 e. The Morgan fingerprint density at radius 3 is 1.93 bits per heavy atom. The lowest BCUT2D eigenvalue weighted by Crippen LogP contribution is -2.32. The molecule has 0 amide bonds. The Labute approximate surface area is 237 Å². The van der Waals surface area contributed by atoms with Gasteiger partial charge in [0.2, 0.25) is 5.43 Å². The molecule has 0 saturated heterocycles. The summed E-state index contributed by atoms with van der Waals surface area (Å²) < 4.78 is 17.7. The molecule has 4 aromatic carbocycles. The van der Waals surface area contributed by atoms with E-state index < -0.39 is 52.5 Å². The van der Waals surface area contributed by atoms with Gasteiger partial charge in [0.25, 0.3) is 0 Å².